The van der Waals surface area contributed by atoms with Gasteiger partial charge in [-0.05, 0) is 55.8 Å². The number of oxazole rings is 1. The zero-order valence-electron chi connectivity index (χ0n) is 33.0. The number of carbonyl (C=O) groups excluding carboxylic acids is 4. The quantitative estimate of drug-likeness (QED) is 0.0464. The Hall–Kier alpha value is -6.26. The van der Waals surface area contributed by atoms with E-state index in [4.69, 9.17) is 47.4 Å². The summed E-state index contributed by atoms with van der Waals surface area (Å²) in [4.78, 5) is 58.1. The lowest BCUT2D eigenvalue weighted by atomic mass is 9.97. The fourth-order valence-electron chi connectivity index (χ4n) is 5.21. The summed E-state index contributed by atoms with van der Waals surface area (Å²) in [7, 11) is 0. The number of aromatic nitrogens is 2. The number of esters is 2. The second-order valence-electron chi connectivity index (χ2n) is 13.3. The van der Waals surface area contributed by atoms with Gasteiger partial charge in [0, 0.05) is 35.0 Å². The fraction of sp³-hybridized carbons (Fsp3) is 0.350. The summed E-state index contributed by atoms with van der Waals surface area (Å²) < 4.78 is 22.2. The highest BCUT2D eigenvalue weighted by Gasteiger charge is 2.24. The smallest absolute Gasteiger partial charge is 0.308 e. The van der Waals surface area contributed by atoms with Gasteiger partial charge in [-0.1, -0.05) is 35.5 Å². The van der Waals surface area contributed by atoms with Crippen LogP contribution in [0.5, 0.6) is 5.75 Å². The molecular formula is C40H44ClN9O10S. The van der Waals surface area contributed by atoms with Gasteiger partial charge in [0.15, 0.2) is 6.10 Å². The van der Waals surface area contributed by atoms with Crippen molar-refractivity contribution in [3.8, 4) is 40.5 Å². The number of ether oxygens (including phenoxy) is 3. The maximum Gasteiger partial charge on any atom is 0.308 e. The molecule has 2 heterocycles. The summed E-state index contributed by atoms with van der Waals surface area (Å²) in [5.41, 5.74) is 19.5. The molecule has 2 aromatic carbocycles. The number of rotatable bonds is 21. The van der Waals surface area contributed by atoms with E-state index in [-0.39, 0.29) is 71.6 Å². The number of aliphatic hydroxyl groups is 2. The van der Waals surface area contributed by atoms with Gasteiger partial charge < -0.3 is 56.7 Å². The highest BCUT2D eigenvalue weighted by molar-refractivity contribution is 7.98. The molecule has 21 heteroatoms. The number of thioether (sulfide) groups is 1. The van der Waals surface area contributed by atoms with E-state index in [2.05, 4.69) is 26.7 Å². The van der Waals surface area contributed by atoms with Crippen molar-refractivity contribution in [3.05, 3.63) is 76.6 Å². The first-order chi connectivity index (χ1) is 29.1. The SMILES string of the molecule is CC(O)C(N)C(=O)NCCC(=O)OCC(COc1ccc(-c2c(C#N)c(N)nc(SCc3coc(-c4ccc(Cl)cc4)n3)c2C#N)cc1)OC(=O)CCNC(=O)C(N)C(C)O. The van der Waals surface area contributed by atoms with Crippen molar-refractivity contribution in [2.75, 3.05) is 32.0 Å². The van der Waals surface area contributed by atoms with E-state index < -0.39 is 60.8 Å². The van der Waals surface area contributed by atoms with Crippen LogP contribution < -0.4 is 32.6 Å². The number of nitrogen functional groups attached to an aromatic ring is 1. The normalized spacial score (nSPS) is 13.3. The third-order valence-electron chi connectivity index (χ3n) is 8.62. The molecule has 0 aliphatic carbocycles. The molecule has 2 amide bonds. The van der Waals surface area contributed by atoms with E-state index in [0.29, 0.717) is 22.2 Å². The first-order valence-corrected chi connectivity index (χ1v) is 20.0. The predicted molar refractivity (Wildman–Crippen MR) is 221 cm³/mol. The molecule has 2 aromatic heterocycles. The molecule has 0 bridgehead atoms. The number of nitrogens with one attached hydrogen (secondary N) is 2. The lowest BCUT2D eigenvalue weighted by Crippen LogP contribution is -2.47. The van der Waals surface area contributed by atoms with Crippen molar-refractivity contribution >= 4 is 52.9 Å². The highest BCUT2D eigenvalue weighted by atomic mass is 35.5. The Bertz CT molecular complexity index is 2240. The zero-order chi connectivity index (χ0) is 44.6. The van der Waals surface area contributed by atoms with Crippen LogP contribution in [0.1, 0.15) is 43.5 Å². The molecule has 4 rings (SSSR count). The standard InChI is InChI=1S/C40H44ClN9O10S/c1-21(51)34(44)37(55)47-13-11-31(53)58-19-28(60-32(54)12-14-48-38(56)35(45)22(2)52)18-57-27-9-5-23(6-10-27)33-29(15-42)36(46)50-40(30(33)16-43)61-20-26-17-59-39(49-26)24-3-7-25(41)8-4-24/h3-10,17,21-22,28,34-35,51-52H,11-14,18-20,44-45H2,1-2H3,(H2,46,50)(H,47,55)(H,48,56). The molecule has 0 saturated carbocycles. The molecule has 0 saturated heterocycles. The van der Waals surface area contributed by atoms with Gasteiger partial charge >= 0.3 is 11.9 Å². The zero-order valence-corrected chi connectivity index (χ0v) is 34.6. The first-order valence-electron chi connectivity index (χ1n) is 18.6. The van der Waals surface area contributed by atoms with Gasteiger partial charge in [-0.15, -0.1) is 0 Å². The number of amides is 2. The number of hydrogen-bond acceptors (Lipinski definition) is 18. The minimum atomic E-state index is -1.20. The predicted octanol–water partition coefficient (Wildman–Crippen LogP) is 1.94. The molecule has 19 nitrogen and oxygen atoms in total. The van der Waals surface area contributed by atoms with Crippen molar-refractivity contribution in [3.63, 3.8) is 0 Å². The lowest BCUT2D eigenvalue weighted by Gasteiger charge is -2.20. The van der Waals surface area contributed by atoms with Crippen LogP contribution in [0.15, 0.2) is 64.2 Å². The molecule has 0 aliphatic rings. The molecule has 0 spiro atoms. The molecule has 61 heavy (non-hydrogen) atoms. The number of aliphatic hydroxyl groups excluding tert-OH is 2. The Labute approximate surface area is 359 Å². The van der Waals surface area contributed by atoms with Gasteiger partial charge in [-0.2, -0.15) is 10.5 Å². The number of halogens is 1. The number of nitrogens with zero attached hydrogens (tertiary/aromatic N) is 4. The number of anilines is 1. The number of pyridine rings is 1. The van der Waals surface area contributed by atoms with Gasteiger partial charge in [-0.3, -0.25) is 19.2 Å². The van der Waals surface area contributed by atoms with E-state index in [1.165, 1.54) is 31.9 Å². The fourth-order valence-corrected chi connectivity index (χ4v) is 6.21. The Kier molecular flexibility index (Phi) is 17.8. The molecule has 0 radical (unpaired) electrons. The monoisotopic (exact) mass is 877 g/mol. The van der Waals surface area contributed by atoms with Crippen LogP contribution in [-0.4, -0.2) is 101 Å². The third kappa shape index (κ3) is 13.9. The minimum absolute atomic E-state index is 0.00997. The van der Waals surface area contributed by atoms with E-state index in [1.54, 1.807) is 48.5 Å². The van der Waals surface area contributed by atoms with E-state index in [1.807, 2.05) is 6.07 Å². The summed E-state index contributed by atoms with van der Waals surface area (Å²) >= 11 is 7.17. The molecule has 0 aliphatic heterocycles. The van der Waals surface area contributed by atoms with Crippen LogP contribution in [0.2, 0.25) is 5.02 Å². The molecule has 10 N–H and O–H groups in total. The van der Waals surface area contributed by atoms with Crippen LogP contribution in [0, 0.1) is 22.7 Å². The highest BCUT2D eigenvalue weighted by Crippen LogP contribution is 2.37. The van der Waals surface area contributed by atoms with Crippen molar-refractivity contribution in [2.24, 2.45) is 11.5 Å². The molecule has 4 aromatic rings. The maximum atomic E-state index is 12.7. The summed E-state index contributed by atoms with van der Waals surface area (Å²) in [5, 5.41) is 45.0. The largest absolute Gasteiger partial charge is 0.490 e. The number of nitriles is 2. The summed E-state index contributed by atoms with van der Waals surface area (Å²) in [6, 6.07) is 15.0. The van der Waals surface area contributed by atoms with Crippen molar-refractivity contribution < 1.29 is 48.0 Å². The molecule has 322 valence electrons. The topological polar surface area (TPSA) is 325 Å². The van der Waals surface area contributed by atoms with Gasteiger partial charge in [0.1, 0.15) is 65.9 Å². The Morgan fingerprint density at radius 3 is 2.00 bits per heavy atom. The van der Waals surface area contributed by atoms with Crippen LogP contribution in [0.3, 0.4) is 0 Å². The Balaban J connectivity index is 1.44. The van der Waals surface area contributed by atoms with E-state index in [9.17, 15) is 39.9 Å². The van der Waals surface area contributed by atoms with E-state index >= 15 is 0 Å². The van der Waals surface area contributed by atoms with Crippen molar-refractivity contribution in [1.29, 1.82) is 10.5 Å². The number of carbonyl (C=O) groups is 4. The second kappa shape index (κ2) is 22.9. The maximum absolute atomic E-state index is 12.7. The average molecular weight is 878 g/mol. The van der Waals surface area contributed by atoms with Crippen LogP contribution in [-0.2, 0) is 34.4 Å². The molecule has 5 atom stereocenters. The van der Waals surface area contributed by atoms with Gasteiger partial charge in [0.25, 0.3) is 0 Å². The van der Waals surface area contributed by atoms with Gasteiger partial charge in [0.05, 0.1) is 36.3 Å². The summed E-state index contributed by atoms with van der Waals surface area (Å²) in [6.07, 6.45) is -2.44. The van der Waals surface area contributed by atoms with Crippen molar-refractivity contribution in [1.82, 2.24) is 20.6 Å². The van der Waals surface area contributed by atoms with Crippen LogP contribution in [0.4, 0.5) is 5.82 Å². The van der Waals surface area contributed by atoms with Crippen LogP contribution >= 0.6 is 23.4 Å². The Morgan fingerprint density at radius 1 is 0.852 bits per heavy atom. The van der Waals surface area contributed by atoms with E-state index in [0.717, 1.165) is 5.56 Å². The lowest BCUT2D eigenvalue weighted by molar-refractivity contribution is -0.160. The van der Waals surface area contributed by atoms with Gasteiger partial charge in [-0.25, -0.2) is 9.97 Å². The molecule has 5 unspecified atom stereocenters. The number of hydrogen-bond donors (Lipinski definition) is 7. The summed E-state index contributed by atoms with van der Waals surface area (Å²) in [6.45, 7) is 1.62. The Morgan fingerprint density at radius 2 is 1.43 bits per heavy atom. The van der Waals surface area contributed by atoms with Crippen LogP contribution in [0.25, 0.3) is 22.6 Å². The first kappa shape index (κ1) is 47.4. The summed E-state index contributed by atoms with van der Waals surface area (Å²) in [5.74, 6) is -2.05. The minimum Gasteiger partial charge on any atom is -0.490 e. The molecule has 0 fully saturated rings. The van der Waals surface area contributed by atoms with Gasteiger partial charge in [0.2, 0.25) is 17.7 Å². The number of nitrogens with two attached hydrogens (primary N) is 3. The number of benzene rings is 2. The third-order valence-corrected chi connectivity index (χ3v) is 9.89. The average Bonchev–Trinajstić information content (AvgIpc) is 3.72. The van der Waals surface area contributed by atoms with Crippen molar-refractivity contribution in [2.45, 2.75) is 67.9 Å². The second-order valence-corrected chi connectivity index (χ2v) is 14.7. The molecular weight excluding hydrogens is 834 g/mol.